The van der Waals surface area contributed by atoms with Crippen molar-refractivity contribution in [3.8, 4) is 5.75 Å². The molecule has 1 N–H and O–H groups in total. The first-order valence-electron chi connectivity index (χ1n) is 6.65. The highest BCUT2D eigenvalue weighted by molar-refractivity contribution is 5.82. The number of ether oxygens (including phenoxy) is 2. The molecule has 1 aliphatic carbocycles. The van der Waals surface area contributed by atoms with Crippen LogP contribution in [0, 0.1) is 5.92 Å². The quantitative estimate of drug-likeness (QED) is 0.806. The molecule has 1 aliphatic rings. The van der Waals surface area contributed by atoms with Gasteiger partial charge >= 0.3 is 5.97 Å². The Morgan fingerprint density at radius 2 is 1.90 bits per heavy atom. The van der Waals surface area contributed by atoms with Crippen LogP contribution < -0.4 is 10.1 Å². The normalized spacial score (nSPS) is 15.3. The molecule has 0 heterocycles. The van der Waals surface area contributed by atoms with E-state index < -0.39 is 0 Å². The zero-order valence-electron chi connectivity index (χ0n) is 11.7. The van der Waals surface area contributed by atoms with Crippen LogP contribution in [0.25, 0.3) is 0 Å². The summed E-state index contributed by atoms with van der Waals surface area (Å²) >= 11 is 0. The van der Waals surface area contributed by atoms with E-state index in [4.69, 9.17) is 4.74 Å². The summed E-state index contributed by atoms with van der Waals surface area (Å²) in [6.07, 6.45) is 1.99. The Morgan fingerprint density at radius 1 is 1.25 bits per heavy atom. The summed E-state index contributed by atoms with van der Waals surface area (Å²) in [5.41, 5.74) is 0.866. The fourth-order valence-corrected chi connectivity index (χ4v) is 1.97. The smallest absolute Gasteiger partial charge is 0.307 e. The largest absolute Gasteiger partial charge is 0.497 e. The van der Waals surface area contributed by atoms with Crippen molar-refractivity contribution < 1.29 is 19.1 Å². The number of benzene rings is 1. The lowest BCUT2D eigenvalue weighted by Gasteiger charge is -2.18. The lowest BCUT2D eigenvalue weighted by Crippen LogP contribution is -2.31. The topological polar surface area (TPSA) is 64.6 Å². The molecule has 0 saturated heterocycles. The SMILES string of the molecule is COC(=O)CC(NC(=O)C1CC1)c1ccc(OC)cc1. The van der Waals surface area contributed by atoms with Crippen LogP contribution >= 0.6 is 0 Å². The molecule has 1 saturated carbocycles. The highest BCUT2D eigenvalue weighted by atomic mass is 16.5. The fraction of sp³-hybridized carbons (Fsp3) is 0.467. The minimum atomic E-state index is -0.360. The molecule has 0 spiro atoms. The van der Waals surface area contributed by atoms with Crippen LogP contribution in [0.1, 0.15) is 30.9 Å². The van der Waals surface area contributed by atoms with Crippen molar-refractivity contribution in [3.63, 3.8) is 0 Å². The van der Waals surface area contributed by atoms with Crippen LogP contribution in [0.15, 0.2) is 24.3 Å². The lowest BCUT2D eigenvalue weighted by atomic mass is 10.0. The van der Waals surface area contributed by atoms with Gasteiger partial charge in [-0.05, 0) is 30.5 Å². The molecule has 0 aromatic heterocycles. The van der Waals surface area contributed by atoms with Crippen LogP contribution in [0.5, 0.6) is 5.75 Å². The number of hydrogen-bond donors (Lipinski definition) is 1. The first kappa shape index (κ1) is 14.4. The maximum atomic E-state index is 11.9. The molecule has 20 heavy (non-hydrogen) atoms. The third-order valence-corrected chi connectivity index (χ3v) is 3.38. The maximum Gasteiger partial charge on any atom is 0.307 e. The summed E-state index contributed by atoms with van der Waals surface area (Å²) in [5, 5.41) is 2.92. The molecule has 1 amide bonds. The zero-order chi connectivity index (χ0) is 14.5. The Bertz CT molecular complexity index is 479. The van der Waals surface area contributed by atoms with Crippen LogP contribution in [-0.4, -0.2) is 26.1 Å². The summed E-state index contributed by atoms with van der Waals surface area (Å²) in [7, 11) is 2.94. The Hall–Kier alpha value is -2.04. The van der Waals surface area contributed by atoms with Gasteiger partial charge in [0.05, 0.1) is 26.7 Å². The van der Waals surface area contributed by atoms with Crippen LogP contribution in [-0.2, 0) is 14.3 Å². The lowest BCUT2D eigenvalue weighted by molar-refractivity contribution is -0.141. The van der Waals surface area contributed by atoms with E-state index in [1.807, 2.05) is 24.3 Å². The molecule has 1 fully saturated rings. The number of amides is 1. The van der Waals surface area contributed by atoms with Gasteiger partial charge in [0, 0.05) is 5.92 Å². The van der Waals surface area contributed by atoms with Crippen LogP contribution in [0.4, 0.5) is 0 Å². The summed E-state index contributed by atoms with van der Waals surface area (Å²) in [5.74, 6) is 0.504. The van der Waals surface area contributed by atoms with Crippen molar-refractivity contribution >= 4 is 11.9 Å². The van der Waals surface area contributed by atoms with Gasteiger partial charge < -0.3 is 14.8 Å². The van der Waals surface area contributed by atoms with E-state index in [2.05, 4.69) is 10.1 Å². The highest BCUT2D eigenvalue weighted by Crippen LogP contribution is 2.30. The maximum absolute atomic E-state index is 11.9. The van der Waals surface area contributed by atoms with Crippen LogP contribution in [0.2, 0.25) is 0 Å². The van der Waals surface area contributed by atoms with E-state index in [1.54, 1.807) is 7.11 Å². The predicted molar refractivity (Wildman–Crippen MR) is 73.2 cm³/mol. The summed E-state index contributed by atoms with van der Waals surface area (Å²) in [6, 6.07) is 6.95. The highest BCUT2D eigenvalue weighted by Gasteiger charge is 2.31. The third kappa shape index (κ3) is 3.73. The minimum Gasteiger partial charge on any atom is -0.497 e. The molecule has 0 radical (unpaired) electrons. The Balaban J connectivity index is 2.10. The molecule has 1 atom stereocenters. The number of esters is 1. The van der Waals surface area contributed by atoms with Gasteiger partial charge in [0.15, 0.2) is 0 Å². The minimum absolute atomic E-state index is 0.00900. The van der Waals surface area contributed by atoms with E-state index in [1.165, 1.54) is 7.11 Å². The fourth-order valence-electron chi connectivity index (χ4n) is 1.97. The van der Waals surface area contributed by atoms with Crippen molar-refractivity contribution in [2.45, 2.75) is 25.3 Å². The monoisotopic (exact) mass is 277 g/mol. The van der Waals surface area contributed by atoms with Gasteiger partial charge in [-0.3, -0.25) is 9.59 Å². The average Bonchev–Trinajstić information content (AvgIpc) is 3.31. The first-order chi connectivity index (χ1) is 9.63. The third-order valence-electron chi connectivity index (χ3n) is 3.38. The van der Waals surface area contributed by atoms with Gasteiger partial charge in [-0.25, -0.2) is 0 Å². The summed E-state index contributed by atoms with van der Waals surface area (Å²) in [4.78, 5) is 23.4. The number of methoxy groups -OCH3 is 2. The van der Waals surface area contributed by atoms with Crippen molar-refractivity contribution in [1.82, 2.24) is 5.32 Å². The van der Waals surface area contributed by atoms with Crippen molar-refractivity contribution in [3.05, 3.63) is 29.8 Å². The molecule has 1 aromatic carbocycles. The molecule has 0 bridgehead atoms. The molecule has 5 nitrogen and oxygen atoms in total. The average molecular weight is 277 g/mol. The Morgan fingerprint density at radius 3 is 2.40 bits per heavy atom. The molecular weight excluding hydrogens is 258 g/mol. The first-order valence-corrected chi connectivity index (χ1v) is 6.65. The second-order valence-corrected chi connectivity index (χ2v) is 4.89. The van der Waals surface area contributed by atoms with Gasteiger partial charge in [-0.15, -0.1) is 0 Å². The van der Waals surface area contributed by atoms with Crippen LogP contribution in [0.3, 0.4) is 0 Å². The van der Waals surface area contributed by atoms with E-state index in [0.717, 1.165) is 24.2 Å². The van der Waals surface area contributed by atoms with Gasteiger partial charge in [0.25, 0.3) is 0 Å². The predicted octanol–water partition coefficient (Wildman–Crippen LogP) is 1.83. The van der Waals surface area contributed by atoms with E-state index in [-0.39, 0.29) is 30.3 Å². The second-order valence-electron chi connectivity index (χ2n) is 4.89. The number of carbonyl (C=O) groups is 2. The molecule has 0 aliphatic heterocycles. The van der Waals surface area contributed by atoms with Crippen molar-refractivity contribution in [1.29, 1.82) is 0 Å². The zero-order valence-corrected chi connectivity index (χ0v) is 11.7. The summed E-state index contributed by atoms with van der Waals surface area (Å²) in [6.45, 7) is 0. The van der Waals surface area contributed by atoms with Gasteiger partial charge in [-0.1, -0.05) is 12.1 Å². The molecule has 5 heteroatoms. The summed E-state index contributed by atoms with van der Waals surface area (Å²) < 4.78 is 9.79. The van der Waals surface area contributed by atoms with Crippen molar-refractivity contribution in [2.24, 2.45) is 5.92 Å². The van der Waals surface area contributed by atoms with Gasteiger partial charge in [-0.2, -0.15) is 0 Å². The molecule has 1 unspecified atom stereocenters. The molecular formula is C15H19NO4. The molecule has 2 rings (SSSR count). The number of carbonyl (C=O) groups excluding carboxylic acids is 2. The second kappa shape index (κ2) is 6.41. The molecule has 1 aromatic rings. The van der Waals surface area contributed by atoms with Gasteiger partial charge in [0.1, 0.15) is 5.75 Å². The molecule has 108 valence electrons. The van der Waals surface area contributed by atoms with Gasteiger partial charge in [0.2, 0.25) is 5.91 Å². The van der Waals surface area contributed by atoms with E-state index in [9.17, 15) is 9.59 Å². The number of hydrogen-bond acceptors (Lipinski definition) is 4. The Kier molecular flexibility index (Phi) is 4.61. The Labute approximate surface area is 118 Å². The van der Waals surface area contributed by atoms with Crippen molar-refractivity contribution in [2.75, 3.05) is 14.2 Å². The number of nitrogens with one attached hydrogen (secondary N) is 1. The standard InChI is InChI=1S/C15H19NO4/c1-19-12-7-5-10(6-8-12)13(9-14(17)20-2)16-15(18)11-3-4-11/h5-8,11,13H,3-4,9H2,1-2H3,(H,16,18). The van der Waals surface area contributed by atoms with E-state index in [0.29, 0.717) is 0 Å². The number of rotatable bonds is 6. The van der Waals surface area contributed by atoms with E-state index >= 15 is 0 Å².